The van der Waals surface area contributed by atoms with Crippen molar-refractivity contribution >= 4 is 34.0 Å². The molecule has 0 amide bonds. The van der Waals surface area contributed by atoms with Gasteiger partial charge in [-0.15, -0.1) is 10.2 Å². The van der Waals surface area contributed by atoms with Gasteiger partial charge < -0.3 is 9.73 Å². The highest BCUT2D eigenvalue weighted by Crippen LogP contribution is 2.28. The zero-order valence-corrected chi connectivity index (χ0v) is 13.3. The Hall–Kier alpha value is -2.67. The number of para-hydroxylation sites is 1. The topological polar surface area (TPSA) is 81.1 Å². The molecule has 0 aliphatic carbocycles. The molecule has 0 radical (unpaired) electrons. The van der Waals surface area contributed by atoms with E-state index in [-0.39, 0.29) is 0 Å². The van der Waals surface area contributed by atoms with Crippen molar-refractivity contribution in [3.8, 4) is 0 Å². The summed E-state index contributed by atoms with van der Waals surface area (Å²) in [5.74, 6) is 1.74. The van der Waals surface area contributed by atoms with E-state index in [1.165, 1.54) is 0 Å². The summed E-state index contributed by atoms with van der Waals surface area (Å²) in [6.07, 6.45) is 0. The fraction of sp³-hybridized carbons (Fsp3) is 0.200. The van der Waals surface area contributed by atoms with Crippen molar-refractivity contribution in [1.29, 1.82) is 0 Å². The average molecular weight is 329 g/mol. The standard InChI is InChI=1S/C15H13ClN6O/c1-8-13(16)15-18-14(17-7-12-20-19-9(2)23-12)10-5-3-4-6-11(10)22(15)21-8/h3-6H,7H2,1-2H3,(H,17,18). The number of halogens is 1. The lowest BCUT2D eigenvalue weighted by Gasteiger charge is -2.09. The second-order valence-corrected chi connectivity index (χ2v) is 5.56. The van der Waals surface area contributed by atoms with Crippen molar-refractivity contribution in [3.05, 3.63) is 46.8 Å². The molecule has 0 aliphatic rings. The van der Waals surface area contributed by atoms with Gasteiger partial charge >= 0.3 is 0 Å². The molecule has 8 heteroatoms. The van der Waals surface area contributed by atoms with Crippen LogP contribution in [0.5, 0.6) is 0 Å². The highest BCUT2D eigenvalue weighted by atomic mass is 35.5. The first-order valence-corrected chi connectivity index (χ1v) is 7.47. The van der Waals surface area contributed by atoms with Gasteiger partial charge in [-0.1, -0.05) is 23.7 Å². The van der Waals surface area contributed by atoms with E-state index in [9.17, 15) is 0 Å². The molecular weight excluding hydrogens is 316 g/mol. The van der Waals surface area contributed by atoms with Gasteiger partial charge in [-0.2, -0.15) is 5.10 Å². The molecule has 4 aromatic rings. The maximum atomic E-state index is 6.32. The second-order valence-electron chi connectivity index (χ2n) is 5.18. The molecule has 0 aliphatic heterocycles. The van der Waals surface area contributed by atoms with Gasteiger partial charge in [0.2, 0.25) is 11.8 Å². The van der Waals surface area contributed by atoms with Crippen molar-refractivity contribution in [2.75, 3.05) is 5.32 Å². The number of hydrogen-bond acceptors (Lipinski definition) is 6. The Labute approximate surface area is 136 Å². The van der Waals surface area contributed by atoms with E-state index in [0.29, 0.717) is 34.8 Å². The first kappa shape index (κ1) is 14.0. The van der Waals surface area contributed by atoms with Crippen LogP contribution < -0.4 is 5.32 Å². The van der Waals surface area contributed by atoms with Gasteiger partial charge in [0.15, 0.2) is 5.65 Å². The monoisotopic (exact) mass is 328 g/mol. The molecule has 3 aromatic heterocycles. The molecular formula is C15H13ClN6O. The molecule has 0 saturated carbocycles. The normalized spacial score (nSPS) is 11.4. The van der Waals surface area contributed by atoms with E-state index < -0.39 is 0 Å². The number of rotatable bonds is 3. The highest BCUT2D eigenvalue weighted by molar-refractivity contribution is 6.34. The summed E-state index contributed by atoms with van der Waals surface area (Å²) in [7, 11) is 0. The van der Waals surface area contributed by atoms with Crippen LogP contribution in [0.2, 0.25) is 5.02 Å². The van der Waals surface area contributed by atoms with Gasteiger partial charge in [0, 0.05) is 12.3 Å². The first-order valence-electron chi connectivity index (χ1n) is 7.10. The van der Waals surface area contributed by atoms with Gasteiger partial charge in [-0.25, -0.2) is 9.50 Å². The molecule has 0 atom stereocenters. The minimum Gasteiger partial charge on any atom is -0.424 e. The first-order chi connectivity index (χ1) is 11.1. The number of nitrogens with zero attached hydrogens (tertiary/aromatic N) is 5. The quantitative estimate of drug-likeness (QED) is 0.622. The Balaban J connectivity index is 1.84. The Kier molecular flexibility index (Phi) is 3.16. The summed E-state index contributed by atoms with van der Waals surface area (Å²) in [6.45, 7) is 4.00. The molecule has 0 unspecified atom stereocenters. The lowest BCUT2D eigenvalue weighted by atomic mass is 10.2. The second kappa shape index (κ2) is 5.20. The van der Waals surface area contributed by atoms with Crippen LogP contribution in [-0.4, -0.2) is 24.8 Å². The number of nitrogens with one attached hydrogen (secondary N) is 1. The third-order valence-corrected chi connectivity index (χ3v) is 3.99. The zero-order valence-electron chi connectivity index (χ0n) is 12.5. The van der Waals surface area contributed by atoms with Gasteiger partial charge in [0.05, 0.1) is 17.8 Å². The van der Waals surface area contributed by atoms with Crippen molar-refractivity contribution in [2.45, 2.75) is 20.4 Å². The third kappa shape index (κ3) is 2.29. The summed E-state index contributed by atoms with van der Waals surface area (Å²) >= 11 is 6.32. The van der Waals surface area contributed by atoms with Gasteiger partial charge in [0.1, 0.15) is 10.8 Å². The minimum atomic E-state index is 0.388. The molecule has 4 rings (SSSR count). The highest BCUT2D eigenvalue weighted by Gasteiger charge is 2.14. The molecule has 0 bridgehead atoms. The number of aryl methyl sites for hydroxylation is 2. The number of fused-ring (bicyclic) bond motifs is 3. The lowest BCUT2D eigenvalue weighted by Crippen LogP contribution is -2.05. The van der Waals surface area contributed by atoms with Crippen molar-refractivity contribution < 1.29 is 4.42 Å². The zero-order chi connectivity index (χ0) is 16.0. The smallest absolute Gasteiger partial charge is 0.235 e. The fourth-order valence-corrected chi connectivity index (χ4v) is 2.65. The molecule has 7 nitrogen and oxygen atoms in total. The summed E-state index contributed by atoms with van der Waals surface area (Å²) in [5, 5.41) is 17.0. The number of anilines is 1. The van der Waals surface area contributed by atoms with Crippen molar-refractivity contribution in [1.82, 2.24) is 24.8 Å². The van der Waals surface area contributed by atoms with E-state index in [4.69, 9.17) is 16.0 Å². The van der Waals surface area contributed by atoms with E-state index in [2.05, 4.69) is 25.6 Å². The maximum Gasteiger partial charge on any atom is 0.235 e. The number of hydrogen-bond donors (Lipinski definition) is 1. The SMILES string of the molecule is Cc1nnc(CNc2nc3c(Cl)c(C)nn3c3ccccc23)o1. The molecule has 1 N–H and O–H groups in total. The van der Waals surface area contributed by atoms with Gasteiger partial charge in [-0.05, 0) is 19.1 Å². The summed E-state index contributed by atoms with van der Waals surface area (Å²) in [5.41, 5.74) is 2.29. The van der Waals surface area contributed by atoms with Crippen LogP contribution >= 0.6 is 11.6 Å². The predicted octanol–water partition coefficient (Wildman–Crippen LogP) is 3.15. The molecule has 116 valence electrons. The van der Waals surface area contributed by atoms with Crippen LogP contribution in [0, 0.1) is 13.8 Å². The molecule has 0 saturated heterocycles. The van der Waals surface area contributed by atoms with Gasteiger partial charge in [0.25, 0.3) is 0 Å². The van der Waals surface area contributed by atoms with Crippen molar-refractivity contribution in [3.63, 3.8) is 0 Å². The Morgan fingerprint density at radius 1 is 1.22 bits per heavy atom. The Morgan fingerprint density at radius 3 is 2.83 bits per heavy atom. The van der Waals surface area contributed by atoms with Crippen LogP contribution in [-0.2, 0) is 6.54 Å². The predicted molar refractivity (Wildman–Crippen MR) is 86.6 cm³/mol. The van der Waals surface area contributed by atoms with E-state index in [1.807, 2.05) is 31.2 Å². The van der Waals surface area contributed by atoms with Crippen LogP contribution in [0.3, 0.4) is 0 Å². The lowest BCUT2D eigenvalue weighted by molar-refractivity contribution is 0.474. The van der Waals surface area contributed by atoms with Crippen LogP contribution in [0.25, 0.3) is 16.6 Å². The van der Waals surface area contributed by atoms with E-state index in [1.54, 1.807) is 11.4 Å². The van der Waals surface area contributed by atoms with E-state index >= 15 is 0 Å². The Morgan fingerprint density at radius 2 is 2.04 bits per heavy atom. The van der Waals surface area contributed by atoms with E-state index in [0.717, 1.165) is 16.6 Å². The summed E-state index contributed by atoms with van der Waals surface area (Å²) < 4.78 is 7.14. The largest absolute Gasteiger partial charge is 0.424 e. The molecule has 0 spiro atoms. The maximum absolute atomic E-state index is 6.32. The van der Waals surface area contributed by atoms with Crippen LogP contribution in [0.15, 0.2) is 28.7 Å². The van der Waals surface area contributed by atoms with Crippen LogP contribution in [0.1, 0.15) is 17.5 Å². The minimum absolute atomic E-state index is 0.388. The third-order valence-electron chi connectivity index (χ3n) is 3.54. The average Bonchev–Trinajstić information content (AvgIpc) is 3.10. The molecule has 3 heterocycles. The molecule has 1 aromatic carbocycles. The summed E-state index contributed by atoms with van der Waals surface area (Å²) in [4.78, 5) is 4.61. The fourth-order valence-electron chi connectivity index (χ4n) is 2.49. The number of benzene rings is 1. The Bertz CT molecular complexity index is 1020. The number of aromatic nitrogens is 5. The summed E-state index contributed by atoms with van der Waals surface area (Å²) in [6, 6.07) is 7.87. The molecule has 0 fully saturated rings. The van der Waals surface area contributed by atoms with Crippen molar-refractivity contribution in [2.24, 2.45) is 0 Å². The molecule has 23 heavy (non-hydrogen) atoms. The van der Waals surface area contributed by atoms with Crippen LogP contribution in [0.4, 0.5) is 5.82 Å². The van der Waals surface area contributed by atoms with Gasteiger partial charge in [-0.3, -0.25) is 0 Å².